The van der Waals surface area contributed by atoms with Gasteiger partial charge in [-0.3, -0.25) is 4.79 Å². The van der Waals surface area contributed by atoms with Crippen molar-refractivity contribution in [2.24, 2.45) is 0 Å². The maximum atomic E-state index is 12.4. The molecule has 2 aromatic heterocycles. The molecule has 0 saturated carbocycles. The van der Waals surface area contributed by atoms with E-state index in [-0.39, 0.29) is 23.5 Å². The lowest BCUT2D eigenvalue weighted by Crippen LogP contribution is -2.32. The lowest BCUT2D eigenvalue weighted by atomic mass is 10.2. The number of carbonyl (C=O) groups is 1. The number of sulfonamides is 1. The van der Waals surface area contributed by atoms with Crippen molar-refractivity contribution < 1.29 is 17.9 Å². The van der Waals surface area contributed by atoms with Crippen LogP contribution in [0.4, 0.5) is 0 Å². The largest absolute Gasteiger partial charge is 0.377 e. The van der Waals surface area contributed by atoms with Gasteiger partial charge in [-0.2, -0.15) is 0 Å². The number of benzene rings is 1. The van der Waals surface area contributed by atoms with Gasteiger partial charge in [-0.1, -0.05) is 6.07 Å². The predicted octanol–water partition coefficient (Wildman–Crippen LogP) is 1.76. The monoisotopic (exact) mass is 428 g/mol. The van der Waals surface area contributed by atoms with Gasteiger partial charge in [-0.05, 0) is 49.2 Å². The molecule has 3 aromatic rings. The third kappa shape index (κ3) is 4.86. The molecule has 3 heterocycles. The molecule has 2 N–H and O–H groups in total. The number of imidazole rings is 1. The van der Waals surface area contributed by atoms with E-state index in [2.05, 4.69) is 15.0 Å². The van der Waals surface area contributed by atoms with Gasteiger partial charge >= 0.3 is 0 Å². The van der Waals surface area contributed by atoms with Crippen molar-refractivity contribution in [3.05, 3.63) is 66.1 Å². The van der Waals surface area contributed by atoms with Crippen LogP contribution >= 0.6 is 0 Å². The van der Waals surface area contributed by atoms with E-state index in [9.17, 15) is 13.2 Å². The van der Waals surface area contributed by atoms with Crippen LogP contribution in [0.25, 0.3) is 5.65 Å². The summed E-state index contributed by atoms with van der Waals surface area (Å²) in [5, 5.41) is 2.84. The van der Waals surface area contributed by atoms with Crippen molar-refractivity contribution >= 4 is 21.6 Å². The molecule has 0 unspecified atom stereocenters. The number of hydrogen-bond donors (Lipinski definition) is 2. The average molecular weight is 429 g/mol. The molecule has 0 aliphatic carbocycles. The van der Waals surface area contributed by atoms with Crippen LogP contribution in [0.15, 0.2) is 59.8 Å². The molecule has 1 fully saturated rings. The minimum absolute atomic E-state index is 0.0715. The van der Waals surface area contributed by atoms with Crippen molar-refractivity contribution in [2.75, 3.05) is 19.7 Å². The molecule has 9 heteroatoms. The van der Waals surface area contributed by atoms with Crippen LogP contribution in [0.1, 0.15) is 28.9 Å². The molecule has 0 bridgehead atoms. The number of ether oxygens (including phenoxy) is 1. The number of carbonyl (C=O) groups excluding carboxylic acids is 1. The number of pyridine rings is 1. The third-order valence-electron chi connectivity index (χ3n) is 5.03. The highest BCUT2D eigenvalue weighted by Gasteiger charge is 2.20. The summed E-state index contributed by atoms with van der Waals surface area (Å²) in [7, 11) is -3.63. The molecule has 158 valence electrons. The third-order valence-corrected chi connectivity index (χ3v) is 6.47. The summed E-state index contributed by atoms with van der Waals surface area (Å²) in [6, 6.07) is 11.7. The smallest absolute Gasteiger partial charge is 0.251 e. The Bertz CT molecular complexity index is 1090. The van der Waals surface area contributed by atoms with Crippen LogP contribution in [-0.2, 0) is 21.2 Å². The van der Waals surface area contributed by atoms with Crippen LogP contribution in [0.5, 0.6) is 0 Å². The van der Waals surface area contributed by atoms with E-state index < -0.39 is 10.0 Å². The standard InChI is InChI=1S/C21H24N4O4S/c26-21(22-11-10-17-15-25-12-2-1-5-20(25)24-17)16-6-8-19(9-7-16)30(27,28)23-14-18-4-3-13-29-18/h1-2,5-9,12,15,18,23H,3-4,10-11,13-14H2,(H,22,26)/t18-/m0/s1. The van der Waals surface area contributed by atoms with E-state index in [1.165, 1.54) is 24.3 Å². The molecular formula is C21H24N4O4S. The first-order chi connectivity index (χ1) is 14.5. The van der Waals surface area contributed by atoms with E-state index in [0.717, 1.165) is 24.2 Å². The van der Waals surface area contributed by atoms with Gasteiger partial charge in [0.05, 0.1) is 16.7 Å². The number of nitrogens with one attached hydrogen (secondary N) is 2. The zero-order valence-corrected chi connectivity index (χ0v) is 17.3. The number of hydrogen-bond acceptors (Lipinski definition) is 5. The van der Waals surface area contributed by atoms with E-state index in [4.69, 9.17) is 4.74 Å². The molecule has 0 radical (unpaired) electrons. The minimum Gasteiger partial charge on any atom is -0.377 e. The van der Waals surface area contributed by atoms with Crippen LogP contribution < -0.4 is 10.0 Å². The molecule has 1 atom stereocenters. The van der Waals surface area contributed by atoms with E-state index >= 15 is 0 Å². The maximum Gasteiger partial charge on any atom is 0.251 e. The number of amides is 1. The molecule has 1 saturated heterocycles. The second kappa shape index (κ2) is 8.95. The Morgan fingerprint density at radius 2 is 2.03 bits per heavy atom. The van der Waals surface area contributed by atoms with Crippen molar-refractivity contribution in [1.82, 2.24) is 19.4 Å². The fraction of sp³-hybridized carbons (Fsp3) is 0.333. The molecule has 8 nitrogen and oxygen atoms in total. The Labute approximate surface area is 175 Å². The van der Waals surface area contributed by atoms with E-state index in [1.54, 1.807) is 0 Å². The molecule has 1 aliphatic rings. The van der Waals surface area contributed by atoms with Crippen molar-refractivity contribution in [2.45, 2.75) is 30.3 Å². The Balaban J connectivity index is 1.29. The SMILES string of the molecule is O=C(NCCc1cn2ccccc2n1)c1ccc(S(=O)(=O)NC[C@@H]2CCCO2)cc1. The van der Waals surface area contributed by atoms with Gasteiger partial charge in [-0.15, -0.1) is 0 Å². The first kappa shape index (κ1) is 20.5. The normalized spacial score (nSPS) is 16.7. The maximum absolute atomic E-state index is 12.4. The van der Waals surface area contributed by atoms with Crippen molar-refractivity contribution in [3.8, 4) is 0 Å². The minimum atomic E-state index is -3.63. The number of aromatic nitrogens is 2. The topological polar surface area (TPSA) is 102 Å². The highest BCUT2D eigenvalue weighted by atomic mass is 32.2. The first-order valence-corrected chi connectivity index (χ1v) is 11.4. The first-order valence-electron chi connectivity index (χ1n) is 9.93. The van der Waals surface area contributed by atoms with Crippen LogP contribution in [0.2, 0.25) is 0 Å². The van der Waals surface area contributed by atoms with Gasteiger partial charge in [-0.25, -0.2) is 18.1 Å². The summed E-state index contributed by atoms with van der Waals surface area (Å²) >= 11 is 0. The number of fused-ring (bicyclic) bond motifs is 1. The summed E-state index contributed by atoms with van der Waals surface area (Å²) in [5.41, 5.74) is 2.16. The lowest BCUT2D eigenvalue weighted by Gasteiger charge is -2.11. The lowest BCUT2D eigenvalue weighted by molar-refractivity contribution is 0.0954. The number of nitrogens with zero attached hydrogens (tertiary/aromatic N) is 2. The van der Waals surface area contributed by atoms with Crippen molar-refractivity contribution in [1.29, 1.82) is 0 Å². The molecule has 1 aliphatic heterocycles. The van der Waals surface area contributed by atoms with Gasteiger partial charge < -0.3 is 14.5 Å². The fourth-order valence-corrected chi connectivity index (χ4v) is 4.46. The zero-order chi connectivity index (χ0) is 21.0. The molecule has 4 rings (SSSR count). The summed E-state index contributed by atoms with van der Waals surface area (Å²) in [5.74, 6) is -0.255. The van der Waals surface area contributed by atoms with Gasteiger partial charge in [0.15, 0.2) is 0 Å². The summed E-state index contributed by atoms with van der Waals surface area (Å²) < 4.78 is 34.7. The molecule has 30 heavy (non-hydrogen) atoms. The van der Waals surface area contributed by atoms with E-state index in [0.29, 0.717) is 25.1 Å². The Morgan fingerprint density at radius 1 is 1.20 bits per heavy atom. The van der Waals surface area contributed by atoms with Gasteiger partial charge in [0.2, 0.25) is 10.0 Å². The van der Waals surface area contributed by atoms with Crippen LogP contribution in [0.3, 0.4) is 0 Å². The Hall–Kier alpha value is -2.75. The van der Waals surface area contributed by atoms with Gasteiger partial charge in [0.1, 0.15) is 5.65 Å². The van der Waals surface area contributed by atoms with E-state index in [1.807, 2.05) is 35.0 Å². The quantitative estimate of drug-likeness (QED) is 0.569. The molecule has 0 spiro atoms. The predicted molar refractivity (Wildman–Crippen MR) is 112 cm³/mol. The fourth-order valence-electron chi connectivity index (χ4n) is 3.39. The average Bonchev–Trinajstić information content (AvgIpc) is 3.42. The highest BCUT2D eigenvalue weighted by Crippen LogP contribution is 2.14. The highest BCUT2D eigenvalue weighted by molar-refractivity contribution is 7.89. The summed E-state index contributed by atoms with van der Waals surface area (Å²) in [4.78, 5) is 17.0. The zero-order valence-electron chi connectivity index (χ0n) is 16.5. The summed E-state index contributed by atoms with van der Waals surface area (Å²) in [6.45, 7) is 1.37. The Kier molecular flexibility index (Phi) is 6.12. The number of rotatable bonds is 8. The van der Waals surface area contributed by atoms with Crippen molar-refractivity contribution in [3.63, 3.8) is 0 Å². The second-order valence-electron chi connectivity index (χ2n) is 7.22. The Morgan fingerprint density at radius 3 is 2.77 bits per heavy atom. The van der Waals surface area contributed by atoms with Crippen LogP contribution in [-0.4, -0.2) is 49.5 Å². The molecular weight excluding hydrogens is 404 g/mol. The summed E-state index contributed by atoms with van der Waals surface area (Å²) in [6.07, 6.45) is 6.20. The van der Waals surface area contributed by atoms with Gasteiger partial charge in [0, 0.05) is 44.1 Å². The van der Waals surface area contributed by atoms with Crippen LogP contribution in [0, 0.1) is 0 Å². The second-order valence-corrected chi connectivity index (χ2v) is 8.98. The molecule has 1 aromatic carbocycles. The molecule has 1 amide bonds. The van der Waals surface area contributed by atoms with Gasteiger partial charge in [0.25, 0.3) is 5.91 Å².